The zero-order chi connectivity index (χ0) is 15.9. The van der Waals surface area contributed by atoms with Gasteiger partial charge >= 0.3 is 0 Å². The molecular weight excluding hydrogens is 338 g/mol. The van der Waals surface area contributed by atoms with Crippen LogP contribution in [0.2, 0.25) is 30.8 Å². The largest absolute Gasteiger partial charge is 0.479 e. The zero-order valence-electron chi connectivity index (χ0n) is 13.2. The smallest absolute Gasteiger partial charge is 0.220 e. The van der Waals surface area contributed by atoms with Crippen molar-refractivity contribution in [2.45, 2.75) is 50.7 Å². The van der Waals surface area contributed by atoms with E-state index in [-0.39, 0.29) is 0 Å². The number of nitrogens with zero attached hydrogens (tertiary/aromatic N) is 1. The van der Waals surface area contributed by atoms with Gasteiger partial charge in [0.15, 0.2) is 0 Å². The second kappa shape index (κ2) is 9.13. The van der Waals surface area contributed by atoms with Gasteiger partial charge in [-0.25, -0.2) is 4.98 Å². The lowest BCUT2D eigenvalue weighted by Crippen LogP contribution is -2.26. The van der Waals surface area contributed by atoms with E-state index in [0.29, 0.717) is 21.4 Å². The minimum atomic E-state index is -1.14. The highest BCUT2D eigenvalue weighted by Gasteiger charge is 2.22. The van der Waals surface area contributed by atoms with Crippen LogP contribution < -0.4 is 0 Å². The van der Waals surface area contributed by atoms with E-state index in [4.69, 9.17) is 28.6 Å². The minimum absolute atomic E-state index is 0.497. The number of rotatable bonds is 7. The predicted octanol–water partition coefficient (Wildman–Crippen LogP) is 5.43. The van der Waals surface area contributed by atoms with E-state index >= 15 is 0 Å². The van der Waals surface area contributed by atoms with Gasteiger partial charge in [-0.1, -0.05) is 49.1 Å². The molecule has 0 bridgehead atoms. The van der Waals surface area contributed by atoms with Crippen molar-refractivity contribution in [3.8, 4) is 0 Å². The van der Waals surface area contributed by atoms with Crippen LogP contribution >= 0.6 is 35.6 Å². The van der Waals surface area contributed by atoms with E-state index in [1.807, 2.05) is 25.1 Å². The SMILES string of the molecule is CCOC(=S)SC(CCc1cccc(Cl)n1)C[Si](C)(C)C. The monoisotopic (exact) mass is 361 g/mol. The van der Waals surface area contributed by atoms with Crippen LogP contribution in [0.3, 0.4) is 0 Å². The van der Waals surface area contributed by atoms with Crippen molar-refractivity contribution in [1.29, 1.82) is 0 Å². The normalized spacial score (nSPS) is 13.0. The molecule has 0 N–H and O–H groups in total. The lowest BCUT2D eigenvalue weighted by molar-refractivity contribution is 0.346. The van der Waals surface area contributed by atoms with Gasteiger partial charge in [0, 0.05) is 19.0 Å². The summed E-state index contributed by atoms with van der Waals surface area (Å²) in [7, 11) is -1.14. The Labute approximate surface area is 144 Å². The van der Waals surface area contributed by atoms with Crippen LogP contribution in [0.5, 0.6) is 0 Å². The Morgan fingerprint density at radius 2 is 2.14 bits per heavy atom. The molecule has 118 valence electrons. The number of hydrogen-bond donors (Lipinski definition) is 0. The maximum atomic E-state index is 5.94. The van der Waals surface area contributed by atoms with Crippen molar-refractivity contribution in [3.63, 3.8) is 0 Å². The molecule has 6 heteroatoms. The van der Waals surface area contributed by atoms with E-state index in [2.05, 4.69) is 24.6 Å². The summed E-state index contributed by atoms with van der Waals surface area (Å²) in [6.45, 7) is 9.78. The van der Waals surface area contributed by atoms with Crippen LogP contribution in [0, 0.1) is 0 Å². The number of ether oxygens (including phenoxy) is 1. The zero-order valence-corrected chi connectivity index (χ0v) is 16.6. The average molecular weight is 362 g/mol. The van der Waals surface area contributed by atoms with Gasteiger partial charge in [-0.2, -0.15) is 0 Å². The predicted molar refractivity (Wildman–Crippen MR) is 101 cm³/mol. The molecule has 0 radical (unpaired) electrons. The molecule has 1 aromatic rings. The molecular formula is C15H24ClNOS2Si. The van der Waals surface area contributed by atoms with Gasteiger partial charge in [-0.05, 0) is 50.2 Å². The van der Waals surface area contributed by atoms with E-state index in [9.17, 15) is 0 Å². The van der Waals surface area contributed by atoms with E-state index < -0.39 is 8.07 Å². The third-order valence-corrected chi connectivity index (χ3v) is 6.54. The Balaban J connectivity index is 2.61. The lowest BCUT2D eigenvalue weighted by Gasteiger charge is -2.24. The Hall–Kier alpha value is -0.103. The van der Waals surface area contributed by atoms with Crippen LogP contribution in [-0.4, -0.2) is 29.3 Å². The Bertz CT molecular complexity index is 465. The lowest BCUT2D eigenvalue weighted by atomic mass is 10.2. The number of aryl methyl sites for hydroxylation is 1. The first-order valence-electron chi connectivity index (χ1n) is 7.25. The summed E-state index contributed by atoms with van der Waals surface area (Å²) in [4.78, 5) is 4.36. The van der Waals surface area contributed by atoms with Crippen LogP contribution in [-0.2, 0) is 11.2 Å². The first-order chi connectivity index (χ1) is 9.80. The molecule has 2 nitrogen and oxygen atoms in total. The maximum Gasteiger partial charge on any atom is 0.220 e. The maximum absolute atomic E-state index is 5.94. The van der Waals surface area contributed by atoms with Gasteiger partial charge in [-0.15, -0.1) is 0 Å². The quantitative estimate of drug-likeness (QED) is 0.367. The summed E-state index contributed by atoms with van der Waals surface area (Å²) < 4.78 is 6.10. The molecule has 0 spiro atoms. The fourth-order valence-corrected chi connectivity index (χ4v) is 6.88. The minimum Gasteiger partial charge on any atom is -0.479 e. The van der Waals surface area contributed by atoms with Crippen LogP contribution in [0.15, 0.2) is 18.2 Å². The van der Waals surface area contributed by atoms with Gasteiger partial charge in [0.05, 0.1) is 6.61 Å². The first-order valence-corrected chi connectivity index (χ1v) is 12.6. The molecule has 0 fully saturated rings. The first kappa shape index (κ1) is 18.9. The number of halogens is 1. The van der Waals surface area contributed by atoms with Gasteiger partial charge in [0.25, 0.3) is 0 Å². The third-order valence-electron chi connectivity index (χ3n) is 2.86. The molecule has 0 saturated carbocycles. The molecule has 0 aliphatic rings. The summed E-state index contributed by atoms with van der Waals surface area (Å²) in [6, 6.07) is 7.02. The standard InChI is InChI=1S/C15H24ClNOS2Si/c1-5-18-15(19)20-13(11-21(2,3)4)10-9-12-7-6-8-14(16)17-12/h6-8,13H,5,9-11H2,1-4H3. The Morgan fingerprint density at radius 3 is 2.71 bits per heavy atom. The molecule has 1 atom stereocenters. The van der Waals surface area contributed by atoms with E-state index in [1.54, 1.807) is 11.8 Å². The molecule has 0 aliphatic carbocycles. The fraction of sp³-hybridized carbons (Fsp3) is 0.600. The summed E-state index contributed by atoms with van der Waals surface area (Å²) in [5.41, 5.74) is 1.05. The molecule has 0 aliphatic heterocycles. The fourth-order valence-electron chi connectivity index (χ4n) is 2.07. The summed E-state index contributed by atoms with van der Waals surface area (Å²) >= 11 is 12.9. The van der Waals surface area contributed by atoms with Gasteiger partial charge < -0.3 is 4.74 Å². The average Bonchev–Trinajstić information content (AvgIpc) is 2.34. The summed E-state index contributed by atoms with van der Waals surface area (Å²) in [5.74, 6) is 0. The molecule has 21 heavy (non-hydrogen) atoms. The molecule has 1 aromatic heterocycles. The van der Waals surface area contributed by atoms with Crippen molar-refractivity contribution in [2.24, 2.45) is 0 Å². The summed E-state index contributed by atoms with van der Waals surface area (Å²) in [5, 5.41) is 1.06. The molecule has 0 saturated heterocycles. The highest BCUT2D eigenvalue weighted by atomic mass is 35.5. The third kappa shape index (κ3) is 8.81. The van der Waals surface area contributed by atoms with Gasteiger partial charge in [0.2, 0.25) is 4.38 Å². The highest BCUT2D eigenvalue weighted by Crippen LogP contribution is 2.28. The van der Waals surface area contributed by atoms with Gasteiger partial charge in [0.1, 0.15) is 5.15 Å². The second-order valence-corrected chi connectivity index (χ2v) is 14.0. The Kier molecular flexibility index (Phi) is 8.24. The molecule has 1 unspecified atom stereocenters. The van der Waals surface area contributed by atoms with Crippen LogP contribution in [0.4, 0.5) is 0 Å². The number of thiocarbonyl (C=S) groups is 1. The molecule has 0 aromatic carbocycles. The van der Waals surface area contributed by atoms with Crippen molar-refractivity contribution >= 4 is 48.0 Å². The van der Waals surface area contributed by atoms with Crippen LogP contribution in [0.1, 0.15) is 19.0 Å². The number of pyridine rings is 1. The van der Waals surface area contributed by atoms with E-state index in [0.717, 1.165) is 18.5 Å². The number of aromatic nitrogens is 1. The van der Waals surface area contributed by atoms with Gasteiger partial charge in [-0.3, -0.25) is 0 Å². The summed E-state index contributed by atoms with van der Waals surface area (Å²) in [6.07, 6.45) is 1.98. The van der Waals surface area contributed by atoms with E-state index in [1.165, 1.54) is 6.04 Å². The van der Waals surface area contributed by atoms with Crippen LogP contribution in [0.25, 0.3) is 0 Å². The molecule has 1 heterocycles. The number of thioether (sulfide) groups is 1. The Morgan fingerprint density at radius 1 is 1.43 bits per heavy atom. The number of hydrogen-bond acceptors (Lipinski definition) is 4. The van der Waals surface area contributed by atoms with Crippen molar-refractivity contribution in [3.05, 3.63) is 29.0 Å². The highest BCUT2D eigenvalue weighted by molar-refractivity contribution is 8.23. The van der Waals surface area contributed by atoms with Crippen molar-refractivity contribution < 1.29 is 4.74 Å². The molecule has 0 amide bonds. The van der Waals surface area contributed by atoms with Crippen molar-refractivity contribution in [2.75, 3.05) is 6.61 Å². The topological polar surface area (TPSA) is 22.1 Å². The molecule has 1 rings (SSSR count). The second-order valence-electron chi connectivity index (χ2n) is 6.18. The van der Waals surface area contributed by atoms with Crippen molar-refractivity contribution in [1.82, 2.24) is 4.98 Å².